The van der Waals surface area contributed by atoms with Gasteiger partial charge in [0.25, 0.3) is 0 Å². The van der Waals surface area contributed by atoms with Gasteiger partial charge in [-0.05, 0) is 29.1 Å². The number of nitrogens with zero attached hydrogens (tertiary/aromatic N) is 2. The van der Waals surface area contributed by atoms with Crippen molar-refractivity contribution in [2.75, 3.05) is 13.1 Å². The summed E-state index contributed by atoms with van der Waals surface area (Å²) in [6.07, 6.45) is 3.91. The molecule has 4 heteroatoms. The molecule has 0 aromatic carbocycles. The van der Waals surface area contributed by atoms with Gasteiger partial charge < -0.3 is 5.32 Å². The molecule has 3 nitrogen and oxygen atoms in total. The van der Waals surface area contributed by atoms with E-state index in [0.29, 0.717) is 0 Å². The van der Waals surface area contributed by atoms with E-state index >= 15 is 0 Å². The van der Waals surface area contributed by atoms with Crippen LogP contribution in [-0.4, -0.2) is 22.9 Å². The van der Waals surface area contributed by atoms with Crippen LogP contribution in [0.1, 0.15) is 6.92 Å². The van der Waals surface area contributed by atoms with Crippen LogP contribution in [0, 0.1) is 3.57 Å². The van der Waals surface area contributed by atoms with Gasteiger partial charge in [0.2, 0.25) is 0 Å². The lowest BCUT2D eigenvalue weighted by molar-refractivity contribution is 0.565. The summed E-state index contributed by atoms with van der Waals surface area (Å²) in [5.74, 6) is 0. The SMILES string of the molecule is CCNCCn1cc(I)cn1. The van der Waals surface area contributed by atoms with Crippen molar-refractivity contribution >= 4 is 22.6 Å². The van der Waals surface area contributed by atoms with E-state index in [-0.39, 0.29) is 0 Å². The van der Waals surface area contributed by atoms with Gasteiger partial charge in [-0.15, -0.1) is 0 Å². The number of hydrogen-bond donors (Lipinski definition) is 1. The number of aromatic nitrogens is 2. The van der Waals surface area contributed by atoms with Crippen molar-refractivity contribution in [1.29, 1.82) is 0 Å². The first-order valence-corrected chi connectivity index (χ1v) is 4.79. The van der Waals surface area contributed by atoms with Gasteiger partial charge in [0, 0.05) is 12.7 Å². The maximum absolute atomic E-state index is 4.16. The molecule has 0 amide bonds. The van der Waals surface area contributed by atoms with Crippen molar-refractivity contribution in [2.24, 2.45) is 0 Å². The van der Waals surface area contributed by atoms with E-state index in [9.17, 15) is 0 Å². The maximum atomic E-state index is 4.16. The third-order valence-corrected chi connectivity index (χ3v) is 1.93. The summed E-state index contributed by atoms with van der Waals surface area (Å²) < 4.78 is 3.14. The Morgan fingerprint density at radius 3 is 3.09 bits per heavy atom. The average Bonchev–Trinajstić information content (AvgIpc) is 2.37. The lowest BCUT2D eigenvalue weighted by Crippen LogP contribution is -2.19. The van der Waals surface area contributed by atoms with E-state index in [1.165, 1.54) is 3.57 Å². The van der Waals surface area contributed by atoms with E-state index < -0.39 is 0 Å². The predicted octanol–water partition coefficient (Wildman–Crippen LogP) is 1.10. The predicted molar refractivity (Wildman–Crippen MR) is 53.5 cm³/mol. The molecule has 0 fully saturated rings. The first kappa shape index (κ1) is 8.99. The molecule has 0 aliphatic heterocycles. The van der Waals surface area contributed by atoms with Gasteiger partial charge in [-0.3, -0.25) is 4.68 Å². The Bertz CT molecular complexity index is 209. The molecule has 1 N–H and O–H groups in total. The molecule has 1 aromatic heterocycles. The number of rotatable bonds is 4. The quantitative estimate of drug-likeness (QED) is 0.652. The summed E-state index contributed by atoms with van der Waals surface area (Å²) >= 11 is 2.26. The minimum atomic E-state index is 0.955. The Balaban J connectivity index is 2.27. The summed E-state index contributed by atoms with van der Waals surface area (Å²) in [6.45, 7) is 5.08. The van der Waals surface area contributed by atoms with Gasteiger partial charge in [0.15, 0.2) is 0 Å². The Hall–Kier alpha value is -0.100. The molecule has 0 saturated carbocycles. The molecule has 1 heterocycles. The molecular weight excluding hydrogens is 253 g/mol. The highest BCUT2D eigenvalue weighted by molar-refractivity contribution is 14.1. The Labute approximate surface area is 80.3 Å². The fourth-order valence-corrected chi connectivity index (χ4v) is 1.28. The monoisotopic (exact) mass is 265 g/mol. The summed E-state index contributed by atoms with van der Waals surface area (Å²) in [5, 5.41) is 7.40. The Morgan fingerprint density at radius 1 is 1.73 bits per heavy atom. The van der Waals surface area contributed by atoms with Crippen molar-refractivity contribution in [3.8, 4) is 0 Å². The molecule has 0 saturated heterocycles. The van der Waals surface area contributed by atoms with Crippen LogP contribution in [0.2, 0.25) is 0 Å². The van der Waals surface area contributed by atoms with Crippen LogP contribution >= 0.6 is 22.6 Å². The van der Waals surface area contributed by atoms with E-state index in [2.05, 4.69) is 39.9 Å². The molecular formula is C7H12IN3. The van der Waals surface area contributed by atoms with Gasteiger partial charge in [0.05, 0.1) is 16.3 Å². The fourth-order valence-electron chi connectivity index (χ4n) is 0.831. The molecule has 0 unspecified atom stereocenters. The zero-order valence-electron chi connectivity index (χ0n) is 6.55. The van der Waals surface area contributed by atoms with Crippen LogP contribution in [0.3, 0.4) is 0 Å². The minimum Gasteiger partial charge on any atom is -0.315 e. The molecule has 0 radical (unpaired) electrons. The highest BCUT2D eigenvalue weighted by Gasteiger charge is 1.92. The van der Waals surface area contributed by atoms with Crippen molar-refractivity contribution in [3.63, 3.8) is 0 Å². The molecule has 11 heavy (non-hydrogen) atoms. The van der Waals surface area contributed by atoms with Crippen molar-refractivity contribution in [2.45, 2.75) is 13.5 Å². The van der Waals surface area contributed by atoms with Gasteiger partial charge in [-0.2, -0.15) is 5.10 Å². The van der Waals surface area contributed by atoms with Gasteiger partial charge in [-0.1, -0.05) is 6.92 Å². The van der Waals surface area contributed by atoms with Crippen molar-refractivity contribution in [3.05, 3.63) is 16.0 Å². The topological polar surface area (TPSA) is 29.9 Å². The molecule has 1 aromatic rings. The van der Waals surface area contributed by atoms with Gasteiger partial charge >= 0.3 is 0 Å². The molecule has 0 aliphatic rings. The van der Waals surface area contributed by atoms with Crippen molar-refractivity contribution in [1.82, 2.24) is 15.1 Å². The standard InChI is InChI=1S/C7H12IN3/c1-2-9-3-4-11-6-7(8)5-10-11/h5-6,9H,2-4H2,1H3. The number of likely N-dealkylation sites (N-methyl/N-ethyl adjacent to an activating group) is 1. The number of nitrogens with one attached hydrogen (secondary N) is 1. The lowest BCUT2D eigenvalue weighted by Gasteiger charge is -2.00. The second kappa shape index (κ2) is 4.71. The highest BCUT2D eigenvalue weighted by atomic mass is 127. The van der Waals surface area contributed by atoms with Crippen LogP contribution in [0.4, 0.5) is 0 Å². The minimum absolute atomic E-state index is 0.955. The van der Waals surface area contributed by atoms with Crippen LogP contribution in [-0.2, 0) is 6.54 Å². The third kappa shape index (κ3) is 3.20. The molecule has 0 atom stereocenters. The molecule has 62 valence electrons. The smallest absolute Gasteiger partial charge is 0.0623 e. The van der Waals surface area contributed by atoms with Gasteiger partial charge in [0.1, 0.15) is 0 Å². The zero-order chi connectivity index (χ0) is 8.10. The average molecular weight is 265 g/mol. The van der Waals surface area contributed by atoms with Crippen LogP contribution in [0.15, 0.2) is 12.4 Å². The number of hydrogen-bond acceptors (Lipinski definition) is 2. The van der Waals surface area contributed by atoms with E-state index in [1.807, 2.05) is 17.1 Å². The van der Waals surface area contributed by atoms with Gasteiger partial charge in [-0.25, -0.2) is 0 Å². The Kier molecular flexibility index (Phi) is 3.85. The summed E-state index contributed by atoms with van der Waals surface area (Å²) in [4.78, 5) is 0. The van der Waals surface area contributed by atoms with Crippen LogP contribution in [0.25, 0.3) is 0 Å². The summed E-state index contributed by atoms with van der Waals surface area (Å²) in [7, 11) is 0. The largest absolute Gasteiger partial charge is 0.315 e. The normalized spacial score (nSPS) is 10.4. The second-order valence-corrected chi connectivity index (χ2v) is 3.52. The van der Waals surface area contributed by atoms with Crippen molar-refractivity contribution < 1.29 is 0 Å². The lowest BCUT2D eigenvalue weighted by atomic mass is 10.6. The van der Waals surface area contributed by atoms with E-state index in [1.54, 1.807) is 0 Å². The van der Waals surface area contributed by atoms with Crippen LogP contribution < -0.4 is 5.32 Å². The molecule has 0 spiro atoms. The Morgan fingerprint density at radius 2 is 2.55 bits per heavy atom. The highest BCUT2D eigenvalue weighted by Crippen LogP contribution is 1.99. The summed E-state index contributed by atoms with van der Waals surface area (Å²) in [5.41, 5.74) is 0. The number of halogens is 1. The second-order valence-electron chi connectivity index (χ2n) is 2.28. The first-order chi connectivity index (χ1) is 5.33. The fraction of sp³-hybridized carbons (Fsp3) is 0.571. The molecule has 0 aliphatic carbocycles. The first-order valence-electron chi connectivity index (χ1n) is 3.71. The van der Waals surface area contributed by atoms with E-state index in [0.717, 1.165) is 19.6 Å². The zero-order valence-corrected chi connectivity index (χ0v) is 8.71. The summed E-state index contributed by atoms with van der Waals surface area (Å²) in [6, 6.07) is 0. The van der Waals surface area contributed by atoms with Crippen LogP contribution in [0.5, 0.6) is 0 Å². The maximum Gasteiger partial charge on any atom is 0.0623 e. The molecule has 1 rings (SSSR count). The third-order valence-electron chi connectivity index (χ3n) is 1.37. The van der Waals surface area contributed by atoms with E-state index in [4.69, 9.17) is 0 Å². The molecule has 0 bridgehead atoms.